The third-order valence-electron chi connectivity index (χ3n) is 1.42. The van der Waals surface area contributed by atoms with Crippen LogP contribution in [0.3, 0.4) is 0 Å². The van der Waals surface area contributed by atoms with Crippen molar-refractivity contribution in [1.82, 2.24) is 9.78 Å². The Labute approximate surface area is 69.5 Å². The molecule has 0 spiro atoms. The van der Waals surface area contributed by atoms with E-state index >= 15 is 0 Å². The van der Waals surface area contributed by atoms with E-state index in [-0.39, 0.29) is 6.61 Å². The Morgan fingerprint density at radius 2 is 2.55 bits per heavy atom. The summed E-state index contributed by atoms with van der Waals surface area (Å²) in [4.78, 5) is 0. The van der Waals surface area contributed by atoms with Crippen molar-refractivity contribution in [2.45, 2.75) is 25.1 Å². The molecule has 0 unspecified atom stereocenters. The average Bonchev–Trinajstić information content (AvgIpc) is 2.46. The second kappa shape index (κ2) is 3.75. The standard InChI is InChI=1S/C6H11N3OS/c1-2-9-5(4-10)3-6(8-9)11-7/h3,10H,2,4,7H2,1H3. The molecular formula is C6H11N3OS. The lowest BCUT2D eigenvalue weighted by atomic mass is 10.4. The molecule has 0 fully saturated rings. The summed E-state index contributed by atoms with van der Waals surface area (Å²) in [7, 11) is 0. The van der Waals surface area contributed by atoms with Gasteiger partial charge in [0.1, 0.15) is 5.03 Å². The summed E-state index contributed by atoms with van der Waals surface area (Å²) < 4.78 is 1.73. The summed E-state index contributed by atoms with van der Waals surface area (Å²) >= 11 is 1.09. The zero-order valence-corrected chi connectivity index (χ0v) is 7.14. The van der Waals surface area contributed by atoms with Gasteiger partial charge in [-0.3, -0.25) is 9.82 Å². The Balaban J connectivity index is 2.92. The molecule has 1 aromatic heterocycles. The number of aliphatic hydroxyl groups is 1. The second-order valence-corrected chi connectivity index (χ2v) is 2.72. The minimum Gasteiger partial charge on any atom is -0.390 e. The highest BCUT2D eigenvalue weighted by molar-refractivity contribution is 7.97. The van der Waals surface area contributed by atoms with Crippen LogP contribution < -0.4 is 5.14 Å². The van der Waals surface area contributed by atoms with Crippen LogP contribution in [0.2, 0.25) is 0 Å². The van der Waals surface area contributed by atoms with Gasteiger partial charge in [-0.05, 0) is 24.9 Å². The van der Waals surface area contributed by atoms with Gasteiger partial charge in [0.2, 0.25) is 0 Å². The van der Waals surface area contributed by atoms with E-state index in [0.717, 1.165) is 29.2 Å². The topological polar surface area (TPSA) is 64.1 Å². The average molecular weight is 173 g/mol. The summed E-state index contributed by atoms with van der Waals surface area (Å²) in [6, 6.07) is 1.79. The van der Waals surface area contributed by atoms with E-state index in [9.17, 15) is 0 Å². The third kappa shape index (κ3) is 1.74. The molecule has 1 heterocycles. The highest BCUT2D eigenvalue weighted by atomic mass is 32.2. The molecule has 1 rings (SSSR count). The van der Waals surface area contributed by atoms with E-state index < -0.39 is 0 Å². The monoisotopic (exact) mass is 173 g/mol. The molecule has 0 radical (unpaired) electrons. The molecule has 3 N–H and O–H groups in total. The van der Waals surface area contributed by atoms with Crippen LogP contribution >= 0.6 is 11.9 Å². The van der Waals surface area contributed by atoms with E-state index in [2.05, 4.69) is 5.10 Å². The van der Waals surface area contributed by atoms with Crippen molar-refractivity contribution < 1.29 is 5.11 Å². The van der Waals surface area contributed by atoms with Crippen LogP contribution in [0.15, 0.2) is 11.1 Å². The molecule has 62 valence electrons. The Bertz CT molecular complexity index is 214. The summed E-state index contributed by atoms with van der Waals surface area (Å²) in [5.41, 5.74) is 0.806. The van der Waals surface area contributed by atoms with Gasteiger partial charge >= 0.3 is 0 Å². The molecule has 0 bridgehead atoms. The van der Waals surface area contributed by atoms with Gasteiger partial charge < -0.3 is 5.11 Å². The normalized spacial score (nSPS) is 10.5. The predicted molar refractivity (Wildman–Crippen MR) is 43.9 cm³/mol. The lowest BCUT2D eigenvalue weighted by molar-refractivity contribution is 0.268. The number of rotatable bonds is 3. The van der Waals surface area contributed by atoms with Crippen LogP contribution in [0.4, 0.5) is 0 Å². The van der Waals surface area contributed by atoms with E-state index in [1.165, 1.54) is 0 Å². The van der Waals surface area contributed by atoms with Crippen LogP contribution in [0.5, 0.6) is 0 Å². The first kappa shape index (κ1) is 8.58. The molecule has 0 amide bonds. The summed E-state index contributed by atoms with van der Waals surface area (Å²) in [6.45, 7) is 2.75. The summed E-state index contributed by atoms with van der Waals surface area (Å²) in [5.74, 6) is 0. The van der Waals surface area contributed by atoms with E-state index in [1.54, 1.807) is 10.7 Å². The number of hydrogen-bond acceptors (Lipinski definition) is 4. The maximum absolute atomic E-state index is 8.85. The number of nitrogens with zero attached hydrogens (tertiary/aromatic N) is 2. The highest BCUT2D eigenvalue weighted by Gasteiger charge is 2.03. The van der Waals surface area contributed by atoms with Crippen LogP contribution in [0.25, 0.3) is 0 Å². The van der Waals surface area contributed by atoms with Crippen LogP contribution in [0, 0.1) is 0 Å². The van der Waals surface area contributed by atoms with Crippen LogP contribution in [0.1, 0.15) is 12.6 Å². The largest absolute Gasteiger partial charge is 0.390 e. The second-order valence-electron chi connectivity index (χ2n) is 2.07. The van der Waals surface area contributed by atoms with Crippen molar-refractivity contribution in [3.63, 3.8) is 0 Å². The van der Waals surface area contributed by atoms with Crippen molar-refractivity contribution in [3.8, 4) is 0 Å². The molecule has 0 saturated heterocycles. The fraction of sp³-hybridized carbons (Fsp3) is 0.500. The Hall–Kier alpha value is -0.520. The van der Waals surface area contributed by atoms with Crippen molar-refractivity contribution in [1.29, 1.82) is 0 Å². The lowest BCUT2D eigenvalue weighted by Crippen LogP contribution is -2.01. The zero-order chi connectivity index (χ0) is 8.27. The molecule has 0 aliphatic rings. The van der Waals surface area contributed by atoms with Crippen molar-refractivity contribution in [3.05, 3.63) is 11.8 Å². The van der Waals surface area contributed by atoms with E-state index in [0.29, 0.717) is 0 Å². The van der Waals surface area contributed by atoms with Crippen LogP contribution in [-0.2, 0) is 13.2 Å². The maximum atomic E-state index is 8.85. The third-order valence-corrected chi connectivity index (χ3v) is 1.86. The molecule has 1 aromatic rings. The molecule has 5 heteroatoms. The van der Waals surface area contributed by atoms with Gasteiger partial charge in [0, 0.05) is 6.54 Å². The Morgan fingerprint density at radius 1 is 1.82 bits per heavy atom. The highest BCUT2D eigenvalue weighted by Crippen LogP contribution is 2.11. The number of aliphatic hydroxyl groups excluding tert-OH is 1. The van der Waals surface area contributed by atoms with Gasteiger partial charge in [-0.1, -0.05) is 0 Å². The van der Waals surface area contributed by atoms with Gasteiger partial charge in [0.05, 0.1) is 12.3 Å². The summed E-state index contributed by atoms with van der Waals surface area (Å²) in [6.07, 6.45) is 0. The van der Waals surface area contributed by atoms with E-state index in [4.69, 9.17) is 10.2 Å². The Morgan fingerprint density at radius 3 is 2.91 bits per heavy atom. The quantitative estimate of drug-likeness (QED) is 0.648. The zero-order valence-electron chi connectivity index (χ0n) is 6.32. The first-order valence-electron chi connectivity index (χ1n) is 3.36. The minimum absolute atomic E-state index is 0.0153. The molecule has 0 aliphatic heterocycles. The van der Waals surface area contributed by atoms with Gasteiger partial charge in [-0.25, -0.2) is 0 Å². The SMILES string of the molecule is CCn1nc(SN)cc1CO. The molecule has 4 nitrogen and oxygen atoms in total. The number of nitrogens with two attached hydrogens (primary N) is 1. The van der Waals surface area contributed by atoms with Gasteiger partial charge in [-0.15, -0.1) is 0 Å². The van der Waals surface area contributed by atoms with E-state index in [1.807, 2.05) is 6.92 Å². The number of aryl methyl sites for hydroxylation is 1. The fourth-order valence-electron chi connectivity index (χ4n) is 0.888. The molecule has 11 heavy (non-hydrogen) atoms. The predicted octanol–water partition coefficient (Wildman–Crippen LogP) is 0.361. The lowest BCUT2D eigenvalue weighted by Gasteiger charge is -1.98. The fourth-order valence-corrected chi connectivity index (χ4v) is 1.24. The van der Waals surface area contributed by atoms with Crippen molar-refractivity contribution in [2.24, 2.45) is 5.14 Å². The maximum Gasteiger partial charge on any atom is 0.133 e. The molecule has 0 saturated carbocycles. The molecule has 0 aliphatic carbocycles. The minimum atomic E-state index is 0.0153. The molecule has 0 atom stereocenters. The van der Waals surface area contributed by atoms with Crippen molar-refractivity contribution in [2.75, 3.05) is 0 Å². The number of hydrogen-bond donors (Lipinski definition) is 2. The number of aromatic nitrogens is 2. The van der Waals surface area contributed by atoms with Gasteiger partial charge in [0.25, 0.3) is 0 Å². The first-order valence-corrected chi connectivity index (χ1v) is 4.24. The van der Waals surface area contributed by atoms with Gasteiger partial charge in [-0.2, -0.15) is 5.10 Å². The van der Waals surface area contributed by atoms with Crippen LogP contribution in [-0.4, -0.2) is 14.9 Å². The smallest absolute Gasteiger partial charge is 0.133 e. The van der Waals surface area contributed by atoms with Gasteiger partial charge in [0.15, 0.2) is 0 Å². The first-order chi connectivity index (χ1) is 5.31. The summed E-state index contributed by atoms with van der Waals surface area (Å²) in [5, 5.41) is 19.0. The molecule has 0 aromatic carbocycles. The molecular weight excluding hydrogens is 162 g/mol. The van der Waals surface area contributed by atoms with Crippen molar-refractivity contribution >= 4 is 11.9 Å². The Kier molecular flexibility index (Phi) is 2.92.